The first-order valence-corrected chi connectivity index (χ1v) is 3.27. The summed E-state index contributed by atoms with van der Waals surface area (Å²) < 4.78 is 12.4. The molecule has 2 aliphatic rings. The van der Waals surface area contributed by atoms with Crippen LogP contribution in [0.15, 0.2) is 0 Å². The van der Waals surface area contributed by atoms with Gasteiger partial charge < -0.3 is 5.32 Å². The SMILES string of the molecule is F[C@H]1C2NCCC[C@H]21. The summed E-state index contributed by atoms with van der Waals surface area (Å²) in [6.07, 6.45) is 1.78. The van der Waals surface area contributed by atoms with Crippen LogP contribution in [-0.2, 0) is 0 Å². The van der Waals surface area contributed by atoms with Crippen molar-refractivity contribution in [3.8, 4) is 0 Å². The Morgan fingerprint density at radius 3 is 2.88 bits per heavy atom. The number of piperidine rings is 1. The predicted octanol–water partition coefficient (Wildman–Crippen LogP) is 0.706. The number of fused-ring (bicyclic) bond motifs is 1. The van der Waals surface area contributed by atoms with Gasteiger partial charge >= 0.3 is 0 Å². The highest BCUT2D eigenvalue weighted by molar-refractivity contribution is 5.06. The molecule has 0 aromatic carbocycles. The molecule has 46 valence electrons. The lowest BCUT2D eigenvalue weighted by Crippen LogP contribution is -2.24. The highest BCUT2D eigenvalue weighted by atomic mass is 19.1. The molecule has 0 spiro atoms. The second kappa shape index (κ2) is 1.44. The van der Waals surface area contributed by atoms with Gasteiger partial charge in [0.2, 0.25) is 0 Å². The Labute approximate surface area is 48.3 Å². The summed E-state index contributed by atoms with van der Waals surface area (Å²) >= 11 is 0. The molecule has 2 fully saturated rings. The van der Waals surface area contributed by atoms with E-state index in [-0.39, 0.29) is 6.04 Å². The molecule has 1 aliphatic heterocycles. The van der Waals surface area contributed by atoms with E-state index in [1.54, 1.807) is 0 Å². The molecule has 0 aromatic heterocycles. The smallest absolute Gasteiger partial charge is 0.120 e. The van der Waals surface area contributed by atoms with Crippen LogP contribution in [0.2, 0.25) is 0 Å². The number of alkyl halides is 1. The molecule has 3 atom stereocenters. The van der Waals surface area contributed by atoms with Gasteiger partial charge in [-0.2, -0.15) is 0 Å². The van der Waals surface area contributed by atoms with E-state index in [4.69, 9.17) is 0 Å². The van der Waals surface area contributed by atoms with Crippen LogP contribution >= 0.6 is 0 Å². The highest BCUT2D eigenvalue weighted by Gasteiger charge is 2.51. The lowest BCUT2D eigenvalue weighted by Gasteiger charge is -2.06. The van der Waals surface area contributed by atoms with Gasteiger partial charge in [0.15, 0.2) is 0 Å². The van der Waals surface area contributed by atoms with Gasteiger partial charge in [-0.25, -0.2) is 4.39 Å². The van der Waals surface area contributed by atoms with Crippen molar-refractivity contribution in [2.45, 2.75) is 25.1 Å². The van der Waals surface area contributed by atoms with E-state index in [0.717, 1.165) is 13.0 Å². The van der Waals surface area contributed by atoms with Gasteiger partial charge in [0.1, 0.15) is 6.17 Å². The van der Waals surface area contributed by atoms with Crippen molar-refractivity contribution in [1.82, 2.24) is 5.32 Å². The highest BCUT2D eigenvalue weighted by Crippen LogP contribution is 2.40. The minimum atomic E-state index is -0.502. The van der Waals surface area contributed by atoms with E-state index in [2.05, 4.69) is 5.32 Å². The molecule has 0 bridgehead atoms. The average Bonchev–Trinajstić information content (AvgIpc) is 2.46. The van der Waals surface area contributed by atoms with E-state index in [1.165, 1.54) is 6.42 Å². The average molecular weight is 115 g/mol. The molecule has 0 aromatic rings. The van der Waals surface area contributed by atoms with Crippen LogP contribution in [-0.4, -0.2) is 18.8 Å². The molecule has 1 N–H and O–H groups in total. The fraction of sp³-hybridized carbons (Fsp3) is 1.00. The standard InChI is InChI=1S/C6H10FN/c7-5-4-2-1-3-8-6(4)5/h4-6,8H,1-3H2/t4-,5+,6?/m0/s1. The molecule has 8 heavy (non-hydrogen) atoms. The fourth-order valence-corrected chi connectivity index (χ4v) is 1.54. The molecule has 1 unspecified atom stereocenters. The van der Waals surface area contributed by atoms with Crippen LogP contribution in [0.5, 0.6) is 0 Å². The van der Waals surface area contributed by atoms with Gasteiger partial charge in [0.05, 0.1) is 0 Å². The molecule has 2 rings (SSSR count). The Morgan fingerprint density at radius 1 is 1.50 bits per heavy atom. The molecule has 0 amide bonds. The fourth-order valence-electron chi connectivity index (χ4n) is 1.54. The minimum absolute atomic E-state index is 0.253. The van der Waals surface area contributed by atoms with E-state index in [9.17, 15) is 4.39 Å². The van der Waals surface area contributed by atoms with Crippen LogP contribution in [0, 0.1) is 5.92 Å². The summed E-state index contributed by atoms with van der Waals surface area (Å²) in [6, 6.07) is 0.253. The lowest BCUT2D eigenvalue weighted by atomic mass is 10.2. The second-order valence-electron chi connectivity index (χ2n) is 2.73. The minimum Gasteiger partial charge on any atom is -0.311 e. The summed E-state index contributed by atoms with van der Waals surface area (Å²) in [6.45, 7) is 1.03. The molecule has 0 radical (unpaired) electrons. The normalized spacial score (nSPS) is 52.9. The Kier molecular flexibility index (Phi) is 0.852. The van der Waals surface area contributed by atoms with Crippen molar-refractivity contribution in [1.29, 1.82) is 0 Å². The molecule has 1 nitrogen and oxygen atoms in total. The van der Waals surface area contributed by atoms with E-state index >= 15 is 0 Å². The van der Waals surface area contributed by atoms with Gasteiger partial charge in [-0.05, 0) is 19.4 Å². The Hall–Kier alpha value is -0.110. The zero-order valence-corrected chi connectivity index (χ0v) is 4.73. The second-order valence-corrected chi connectivity index (χ2v) is 2.73. The molecule has 1 saturated heterocycles. The van der Waals surface area contributed by atoms with Gasteiger partial charge in [0.25, 0.3) is 0 Å². The topological polar surface area (TPSA) is 12.0 Å². The molecule has 1 aliphatic carbocycles. The number of halogens is 1. The Morgan fingerprint density at radius 2 is 2.38 bits per heavy atom. The molecule has 1 saturated carbocycles. The first-order valence-electron chi connectivity index (χ1n) is 3.27. The maximum absolute atomic E-state index is 12.4. The summed E-state index contributed by atoms with van der Waals surface area (Å²) in [4.78, 5) is 0. The van der Waals surface area contributed by atoms with Crippen LogP contribution in [0.25, 0.3) is 0 Å². The van der Waals surface area contributed by atoms with Crippen molar-refractivity contribution in [3.63, 3.8) is 0 Å². The third kappa shape index (κ3) is 0.494. The van der Waals surface area contributed by atoms with Crippen molar-refractivity contribution < 1.29 is 4.39 Å². The van der Waals surface area contributed by atoms with Crippen molar-refractivity contribution in [2.24, 2.45) is 5.92 Å². The van der Waals surface area contributed by atoms with E-state index in [0.29, 0.717) is 5.92 Å². The number of nitrogens with one attached hydrogen (secondary N) is 1. The van der Waals surface area contributed by atoms with Crippen LogP contribution in [0.3, 0.4) is 0 Å². The summed E-state index contributed by atoms with van der Waals surface area (Å²) in [7, 11) is 0. The third-order valence-electron chi connectivity index (χ3n) is 2.17. The van der Waals surface area contributed by atoms with Gasteiger partial charge in [-0.1, -0.05) is 0 Å². The van der Waals surface area contributed by atoms with Crippen molar-refractivity contribution >= 4 is 0 Å². The number of hydrogen-bond acceptors (Lipinski definition) is 1. The van der Waals surface area contributed by atoms with Gasteiger partial charge in [-0.3, -0.25) is 0 Å². The van der Waals surface area contributed by atoms with E-state index < -0.39 is 6.17 Å². The predicted molar refractivity (Wildman–Crippen MR) is 29.4 cm³/mol. The van der Waals surface area contributed by atoms with Crippen LogP contribution in [0.4, 0.5) is 4.39 Å². The number of rotatable bonds is 0. The first-order chi connectivity index (χ1) is 3.89. The summed E-state index contributed by atoms with van der Waals surface area (Å²) in [5, 5.41) is 3.13. The first kappa shape index (κ1) is 4.74. The molecule has 1 heterocycles. The summed E-state index contributed by atoms with van der Waals surface area (Å²) in [5.74, 6) is 0.392. The Balaban J connectivity index is 1.97. The van der Waals surface area contributed by atoms with Gasteiger partial charge in [0, 0.05) is 12.0 Å². The number of hydrogen-bond donors (Lipinski definition) is 1. The van der Waals surface area contributed by atoms with Crippen LogP contribution in [0.1, 0.15) is 12.8 Å². The van der Waals surface area contributed by atoms with Crippen molar-refractivity contribution in [2.75, 3.05) is 6.54 Å². The largest absolute Gasteiger partial charge is 0.311 e. The molecular formula is C6H10FN. The lowest BCUT2D eigenvalue weighted by molar-refractivity contribution is 0.437. The maximum atomic E-state index is 12.4. The summed E-state index contributed by atoms with van der Waals surface area (Å²) in [5.41, 5.74) is 0. The van der Waals surface area contributed by atoms with Crippen molar-refractivity contribution in [3.05, 3.63) is 0 Å². The molecular weight excluding hydrogens is 105 g/mol. The van der Waals surface area contributed by atoms with E-state index in [1.807, 2.05) is 0 Å². The van der Waals surface area contributed by atoms with Crippen LogP contribution < -0.4 is 5.32 Å². The zero-order chi connectivity index (χ0) is 5.56. The van der Waals surface area contributed by atoms with Gasteiger partial charge in [-0.15, -0.1) is 0 Å². The monoisotopic (exact) mass is 115 g/mol. The maximum Gasteiger partial charge on any atom is 0.120 e. The zero-order valence-electron chi connectivity index (χ0n) is 4.73. The Bertz CT molecular complexity index is 92.7. The quantitative estimate of drug-likeness (QED) is 0.490. The molecule has 2 heteroatoms. The third-order valence-corrected chi connectivity index (χ3v) is 2.17.